The van der Waals surface area contributed by atoms with E-state index in [1.165, 1.54) is 0 Å². The smallest absolute Gasteiger partial charge is 0.217 e. The van der Waals surface area contributed by atoms with Gasteiger partial charge in [0.25, 0.3) is 0 Å². The summed E-state index contributed by atoms with van der Waals surface area (Å²) in [7, 11) is 0. The number of aryl methyl sites for hydroxylation is 2. The summed E-state index contributed by atoms with van der Waals surface area (Å²) >= 11 is 0. The van der Waals surface area contributed by atoms with E-state index in [4.69, 9.17) is 4.74 Å². The first-order valence-corrected chi connectivity index (χ1v) is 8.31. The van der Waals surface area contributed by atoms with Crippen LogP contribution in [0.3, 0.4) is 0 Å². The van der Waals surface area contributed by atoms with Crippen molar-refractivity contribution in [3.05, 3.63) is 29.3 Å². The van der Waals surface area contributed by atoms with E-state index < -0.39 is 6.10 Å². The van der Waals surface area contributed by atoms with Crippen molar-refractivity contribution in [1.29, 1.82) is 0 Å². The lowest BCUT2D eigenvalue weighted by Gasteiger charge is -2.34. The highest BCUT2D eigenvalue weighted by molar-refractivity contribution is 5.73. The molecule has 23 heavy (non-hydrogen) atoms. The molecule has 0 saturated carbocycles. The topological polar surface area (TPSA) is 61.8 Å². The van der Waals surface area contributed by atoms with Crippen LogP contribution in [0.5, 0.6) is 5.75 Å². The van der Waals surface area contributed by atoms with Gasteiger partial charge in [-0.15, -0.1) is 0 Å². The van der Waals surface area contributed by atoms with Gasteiger partial charge in [0, 0.05) is 26.1 Å². The van der Waals surface area contributed by atoms with Crippen LogP contribution < -0.4 is 10.1 Å². The second-order valence-corrected chi connectivity index (χ2v) is 6.53. The molecule has 1 amide bonds. The standard InChI is InChI=1S/C18H28N2O3/c1-13-6-7-14(2)18(9-13)23-12-17(22)11-20-8-4-5-16(10-20)19-15(3)21/h6-7,9,16-17,22H,4-5,8,10-12H2,1-3H3,(H,19,21). The van der Waals surface area contributed by atoms with Crippen LogP contribution in [-0.4, -0.2) is 54.3 Å². The molecule has 1 saturated heterocycles. The van der Waals surface area contributed by atoms with Gasteiger partial charge < -0.3 is 15.2 Å². The Morgan fingerprint density at radius 1 is 1.48 bits per heavy atom. The first-order valence-electron chi connectivity index (χ1n) is 8.31. The van der Waals surface area contributed by atoms with E-state index in [1.54, 1.807) is 6.92 Å². The zero-order valence-corrected chi connectivity index (χ0v) is 14.3. The molecule has 5 heteroatoms. The third-order valence-corrected chi connectivity index (χ3v) is 4.16. The van der Waals surface area contributed by atoms with E-state index >= 15 is 0 Å². The zero-order chi connectivity index (χ0) is 16.8. The molecule has 0 aliphatic carbocycles. The van der Waals surface area contributed by atoms with E-state index in [0.717, 1.165) is 42.8 Å². The van der Waals surface area contributed by atoms with E-state index in [2.05, 4.69) is 16.3 Å². The number of carbonyl (C=O) groups excluding carboxylic acids is 1. The van der Waals surface area contributed by atoms with Crippen molar-refractivity contribution >= 4 is 5.91 Å². The van der Waals surface area contributed by atoms with Gasteiger partial charge in [-0.2, -0.15) is 0 Å². The van der Waals surface area contributed by atoms with E-state index in [0.29, 0.717) is 6.54 Å². The minimum atomic E-state index is -0.536. The molecule has 2 rings (SSSR count). The number of nitrogens with one attached hydrogen (secondary N) is 1. The molecule has 1 fully saturated rings. The van der Waals surface area contributed by atoms with Gasteiger partial charge in [0.05, 0.1) is 0 Å². The number of amides is 1. The molecule has 1 aliphatic rings. The van der Waals surface area contributed by atoms with Gasteiger partial charge in [-0.25, -0.2) is 0 Å². The zero-order valence-electron chi connectivity index (χ0n) is 14.3. The summed E-state index contributed by atoms with van der Waals surface area (Å²) in [5, 5.41) is 13.2. The Hall–Kier alpha value is -1.59. The predicted molar refractivity (Wildman–Crippen MR) is 90.7 cm³/mol. The average Bonchev–Trinajstić information content (AvgIpc) is 2.48. The number of β-amino-alcohol motifs (C(OH)–C–C–N with tert-alkyl or cyclic N) is 1. The van der Waals surface area contributed by atoms with Crippen LogP contribution in [0.25, 0.3) is 0 Å². The maximum Gasteiger partial charge on any atom is 0.217 e. The van der Waals surface area contributed by atoms with Crippen molar-refractivity contribution in [3.63, 3.8) is 0 Å². The molecule has 1 aromatic carbocycles. The number of aliphatic hydroxyl groups is 1. The Morgan fingerprint density at radius 3 is 3.00 bits per heavy atom. The Kier molecular flexibility index (Phi) is 6.42. The van der Waals surface area contributed by atoms with E-state index in [-0.39, 0.29) is 18.6 Å². The molecule has 0 aromatic heterocycles. The van der Waals surface area contributed by atoms with Crippen LogP contribution in [0.15, 0.2) is 18.2 Å². The van der Waals surface area contributed by atoms with Crippen molar-refractivity contribution in [2.75, 3.05) is 26.2 Å². The van der Waals surface area contributed by atoms with Crippen LogP contribution in [0.2, 0.25) is 0 Å². The van der Waals surface area contributed by atoms with Crippen molar-refractivity contribution in [2.24, 2.45) is 0 Å². The Morgan fingerprint density at radius 2 is 2.26 bits per heavy atom. The van der Waals surface area contributed by atoms with Crippen molar-refractivity contribution < 1.29 is 14.6 Å². The Labute approximate surface area is 138 Å². The number of likely N-dealkylation sites (tertiary alicyclic amines) is 1. The quantitative estimate of drug-likeness (QED) is 0.836. The molecule has 5 nitrogen and oxygen atoms in total. The fraction of sp³-hybridized carbons (Fsp3) is 0.611. The van der Waals surface area contributed by atoms with Gasteiger partial charge in [-0.3, -0.25) is 9.69 Å². The van der Waals surface area contributed by atoms with Gasteiger partial charge in [-0.1, -0.05) is 12.1 Å². The molecular weight excluding hydrogens is 292 g/mol. The van der Waals surface area contributed by atoms with Crippen LogP contribution in [0, 0.1) is 13.8 Å². The molecule has 0 bridgehead atoms. The highest BCUT2D eigenvalue weighted by Gasteiger charge is 2.22. The van der Waals surface area contributed by atoms with Gasteiger partial charge in [0.1, 0.15) is 18.5 Å². The number of nitrogens with zero attached hydrogens (tertiary/aromatic N) is 1. The highest BCUT2D eigenvalue weighted by Crippen LogP contribution is 2.19. The second kappa shape index (κ2) is 8.31. The third kappa shape index (κ3) is 5.84. The minimum Gasteiger partial charge on any atom is -0.491 e. The lowest BCUT2D eigenvalue weighted by atomic mass is 10.1. The maximum absolute atomic E-state index is 11.2. The first-order chi connectivity index (χ1) is 10.9. The van der Waals surface area contributed by atoms with Crippen LogP contribution in [0.1, 0.15) is 30.9 Å². The molecule has 2 unspecified atom stereocenters. The fourth-order valence-corrected chi connectivity index (χ4v) is 3.03. The monoisotopic (exact) mass is 320 g/mol. The number of aliphatic hydroxyl groups excluding tert-OH is 1. The normalized spacial score (nSPS) is 20.1. The summed E-state index contributed by atoms with van der Waals surface area (Å²) in [6.07, 6.45) is 1.51. The molecule has 2 atom stereocenters. The van der Waals surface area contributed by atoms with Crippen molar-refractivity contribution in [1.82, 2.24) is 10.2 Å². The van der Waals surface area contributed by atoms with Gasteiger partial charge >= 0.3 is 0 Å². The highest BCUT2D eigenvalue weighted by atomic mass is 16.5. The summed E-state index contributed by atoms with van der Waals surface area (Å²) in [6, 6.07) is 6.26. The van der Waals surface area contributed by atoms with Gasteiger partial charge in [-0.05, 0) is 50.4 Å². The van der Waals surface area contributed by atoms with E-state index in [9.17, 15) is 9.90 Å². The lowest BCUT2D eigenvalue weighted by molar-refractivity contribution is -0.120. The molecule has 128 valence electrons. The fourth-order valence-electron chi connectivity index (χ4n) is 3.03. The largest absolute Gasteiger partial charge is 0.491 e. The van der Waals surface area contributed by atoms with Gasteiger partial charge in [0.2, 0.25) is 5.91 Å². The summed E-state index contributed by atoms with van der Waals surface area (Å²) in [5.74, 6) is 0.842. The minimum absolute atomic E-state index is 0.00987. The number of hydrogen-bond acceptors (Lipinski definition) is 4. The molecule has 0 radical (unpaired) electrons. The number of carbonyl (C=O) groups is 1. The number of benzene rings is 1. The Bertz CT molecular complexity index is 533. The summed E-state index contributed by atoms with van der Waals surface area (Å²) < 4.78 is 5.77. The number of piperidine rings is 1. The molecule has 2 N–H and O–H groups in total. The molecule has 1 heterocycles. The Balaban J connectivity index is 1.79. The van der Waals surface area contributed by atoms with Crippen molar-refractivity contribution in [2.45, 2.75) is 45.8 Å². The van der Waals surface area contributed by atoms with Gasteiger partial charge in [0.15, 0.2) is 0 Å². The third-order valence-electron chi connectivity index (χ3n) is 4.16. The number of hydrogen-bond donors (Lipinski definition) is 2. The number of rotatable bonds is 6. The molecule has 0 spiro atoms. The maximum atomic E-state index is 11.2. The first kappa shape index (κ1) is 17.8. The average molecular weight is 320 g/mol. The molecular formula is C18H28N2O3. The second-order valence-electron chi connectivity index (χ2n) is 6.53. The molecule has 1 aromatic rings. The summed E-state index contributed by atoms with van der Waals surface area (Å²) in [5.41, 5.74) is 2.22. The number of ether oxygens (including phenoxy) is 1. The van der Waals surface area contributed by atoms with Crippen LogP contribution in [-0.2, 0) is 4.79 Å². The van der Waals surface area contributed by atoms with Crippen molar-refractivity contribution in [3.8, 4) is 5.75 Å². The van der Waals surface area contributed by atoms with E-state index in [1.807, 2.05) is 26.0 Å². The predicted octanol–water partition coefficient (Wildman–Crippen LogP) is 1.64. The van der Waals surface area contributed by atoms with Crippen LogP contribution >= 0.6 is 0 Å². The molecule has 1 aliphatic heterocycles. The summed E-state index contributed by atoms with van der Waals surface area (Å²) in [6.45, 7) is 8.18. The van der Waals surface area contributed by atoms with Crippen LogP contribution in [0.4, 0.5) is 0 Å². The SMILES string of the molecule is CC(=O)NC1CCCN(CC(O)COc2cc(C)ccc2C)C1. The lowest BCUT2D eigenvalue weighted by Crippen LogP contribution is -2.49. The summed E-state index contributed by atoms with van der Waals surface area (Å²) in [4.78, 5) is 13.4.